The molecule has 5 nitrogen and oxygen atoms in total. The largest absolute Gasteiger partial charge is 0.325 e. The van der Waals surface area contributed by atoms with Gasteiger partial charge in [0.2, 0.25) is 15.9 Å². The highest BCUT2D eigenvalue weighted by atomic mass is 35.5. The Morgan fingerprint density at radius 2 is 1.60 bits per heavy atom. The van der Waals surface area contributed by atoms with Crippen LogP contribution in [0.15, 0.2) is 77.7 Å². The number of carbonyl (C=O) groups is 1. The first kappa shape index (κ1) is 20.6. The Balaban J connectivity index is 1.70. The fraction of sp³-hybridized carbons (Fsp3) is 0.174. The number of nitrogens with zero attached hydrogens (tertiary/aromatic N) is 1. The minimum Gasteiger partial charge on any atom is -0.325 e. The number of anilines is 1. The first-order valence-corrected chi connectivity index (χ1v) is 11.4. The van der Waals surface area contributed by atoms with Gasteiger partial charge >= 0.3 is 0 Å². The van der Waals surface area contributed by atoms with Gasteiger partial charge in [-0.1, -0.05) is 53.6 Å². The lowest BCUT2D eigenvalue weighted by molar-refractivity contribution is -0.120. The number of halogens is 1. The number of nitrogens with one attached hydrogen (secondary N) is 1. The van der Waals surface area contributed by atoms with Crippen molar-refractivity contribution in [1.29, 1.82) is 0 Å². The molecule has 1 aliphatic rings. The lowest BCUT2D eigenvalue weighted by Crippen LogP contribution is -2.50. The zero-order valence-corrected chi connectivity index (χ0v) is 18.0. The summed E-state index contributed by atoms with van der Waals surface area (Å²) in [6.07, 6.45) is 0.306. The van der Waals surface area contributed by atoms with E-state index in [2.05, 4.69) is 5.32 Å². The van der Waals surface area contributed by atoms with Crippen molar-refractivity contribution in [1.82, 2.24) is 4.31 Å². The molecule has 3 aromatic carbocycles. The van der Waals surface area contributed by atoms with Crippen LogP contribution in [0, 0.1) is 6.92 Å². The first-order chi connectivity index (χ1) is 14.3. The van der Waals surface area contributed by atoms with Crippen LogP contribution in [0.1, 0.15) is 16.7 Å². The molecule has 1 heterocycles. The van der Waals surface area contributed by atoms with Gasteiger partial charge in [0.15, 0.2) is 0 Å². The molecule has 154 valence electrons. The molecule has 0 aliphatic carbocycles. The molecule has 1 unspecified atom stereocenters. The lowest BCUT2D eigenvalue weighted by Gasteiger charge is -2.35. The third-order valence-corrected chi connectivity index (χ3v) is 7.37. The monoisotopic (exact) mass is 440 g/mol. The molecular weight excluding hydrogens is 420 g/mol. The molecule has 0 fully saturated rings. The number of hydrogen-bond donors (Lipinski definition) is 1. The Labute approximate surface area is 181 Å². The van der Waals surface area contributed by atoms with Gasteiger partial charge in [-0.05, 0) is 60.9 Å². The molecule has 1 N–H and O–H groups in total. The van der Waals surface area contributed by atoms with E-state index in [1.807, 2.05) is 55.5 Å². The lowest BCUT2D eigenvalue weighted by atomic mass is 9.95. The summed E-state index contributed by atoms with van der Waals surface area (Å²) in [7, 11) is -3.90. The van der Waals surface area contributed by atoms with Crippen LogP contribution in [0.5, 0.6) is 0 Å². The summed E-state index contributed by atoms with van der Waals surface area (Å²) < 4.78 is 28.1. The van der Waals surface area contributed by atoms with Gasteiger partial charge in [-0.3, -0.25) is 4.79 Å². The molecule has 1 aliphatic heterocycles. The maximum absolute atomic E-state index is 13.4. The van der Waals surface area contributed by atoms with Crippen molar-refractivity contribution in [2.75, 3.05) is 5.32 Å². The molecule has 1 amide bonds. The molecule has 30 heavy (non-hydrogen) atoms. The predicted molar refractivity (Wildman–Crippen MR) is 118 cm³/mol. The number of fused-ring (bicyclic) bond motifs is 1. The van der Waals surface area contributed by atoms with E-state index in [1.54, 1.807) is 0 Å². The Bertz CT molecular complexity index is 1180. The molecular formula is C23H21ClN2O3S. The van der Waals surface area contributed by atoms with Crippen LogP contribution < -0.4 is 5.32 Å². The minimum absolute atomic E-state index is 0.111. The molecule has 4 rings (SSSR count). The number of amides is 1. The van der Waals surface area contributed by atoms with Crippen molar-refractivity contribution in [2.24, 2.45) is 0 Å². The van der Waals surface area contributed by atoms with Crippen molar-refractivity contribution < 1.29 is 13.2 Å². The molecule has 3 aromatic rings. The SMILES string of the molecule is Cc1ccc(NC(=O)C2Cc3ccccc3CN2S(=O)(=O)c2ccc(Cl)cc2)cc1. The number of benzene rings is 3. The zero-order chi connectivity index (χ0) is 21.3. The van der Waals surface area contributed by atoms with Crippen LogP contribution >= 0.6 is 11.6 Å². The topological polar surface area (TPSA) is 66.5 Å². The van der Waals surface area contributed by atoms with E-state index in [0.717, 1.165) is 16.7 Å². The van der Waals surface area contributed by atoms with Gasteiger partial charge in [-0.15, -0.1) is 0 Å². The molecule has 0 bridgehead atoms. The second-order valence-electron chi connectivity index (χ2n) is 7.35. The summed E-state index contributed by atoms with van der Waals surface area (Å²) in [6, 6.07) is 20.2. The van der Waals surface area contributed by atoms with Crippen molar-refractivity contribution in [3.05, 3.63) is 94.5 Å². The minimum atomic E-state index is -3.90. The van der Waals surface area contributed by atoms with Gasteiger partial charge in [0, 0.05) is 17.3 Å². The molecule has 7 heteroatoms. The van der Waals surface area contributed by atoms with E-state index >= 15 is 0 Å². The van der Waals surface area contributed by atoms with E-state index in [9.17, 15) is 13.2 Å². The number of hydrogen-bond acceptors (Lipinski definition) is 3. The second-order valence-corrected chi connectivity index (χ2v) is 9.68. The summed E-state index contributed by atoms with van der Waals surface area (Å²) in [6.45, 7) is 2.09. The van der Waals surface area contributed by atoms with E-state index in [1.165, 1.54) is 28.6 Å². The molecule has 0 saturated carbocycles. The van der Waals surface area contributed by atoms with Crippen LogP contribution in [0.4, 0.5) is 5.69 Å². The summed E-state index contributed by atoms with van der Waals surface area (Å²) in [4.78, 5) is 13.3. The first-order valence-electron chi connectivity index (χ1n) is 9.56. The Morgan fingerprint density at radius 3 is 2.27 bits per heavy atom. The maximum atomic E-state index is 13.4. The number of aryl methyl sites for hydroxylation is 1. The summed E-state index contributed by atoms with van der Waals surface area (Å²) >= 11 is 5.92. The number of carbonyl (C=O) groups excluding carboxylic acids is 1. The van der Waals surface area contributed by atoms with Crippen LogP contribution in [0.25, 0.3) is 0 Å². The summed E-state index contributed by atoms with van der Waals surface area (Å²) in [5.74, 6) is -0.356. The van der Waals surface area contributed by atoms with E-state index in [-0.39, 0.29) is 17.3 Å². The van der Waals surface area contributed by atoms with Crippen LogP contribution in [-0.2, 0) is 27.8 Å². The fourth-order valence-corrected chi connectivity index (χ4v) is 5.27. The number of sulfonamides is 1. The Hall–Kier alpha value is -2.67. The van der Waals surface area contributed by atoms with E-state index in [0.29, 0.717) is 17.1 Å². The van der Waals surface area contributed by atoms with Crippen molar-refractivity contribution in [3.63, 3.8) is 0 Å². The van der Waals surface area contributed by atoms with Crippen molar-refractivity contribution >= 4 is 33.2 Å². The quantitative estimate of drug-likeness (QED) is 0.653. The Morgan fingerprint density at radius 1 is 0.967 bits per heavy atom. The average molecular weight is 441 g/mol. The van der Waals surface area contributed by atoms with Gasteiger partial charge < -0.3 is 5.32 Å². The van der Waals surface area contributed by atoms with Crippen LogP contribution in [-0.4, -0.2) is 24.7 Å². The zero-order valence-electron chi connectivity index (χ0n) is 16.4. The van der Waals surface area contributed by atoms with Crippen LogP contribution in [0.2, 0.25) is 5.02 Å². The second kappa shape index (κ2) is 8.22. The third kappa shape index (κ3) is 4.12. The van der Waals surface area contributed by atoms with Gasteiger partial charge in [-0.25, -0.2) is 8.42 Å². The molecule has 0 spiro atoms. The van der Waals surface area contributed by atoms with Crippen molar-refractivity contribution in [3.8, 4) is 0 Å². The van der Waals surface area contributed by atoms with Gasteiger partial charge in [0.25, 0.3) is 0 Å². The smallest absolute Gasteiger partial charge is 0.244 e. The van der Waals surface area contributed by atoms with Gasteiger partial charge in [0.05, 0.1) is 4.90 Å². The van der Waals surface area contributed by atoms with Gasteiger partial charge in [-0.2, -0.15) is 4.31 Å². The highest BCUT2D eigenvalue weighted by Crippen LogP contribution is 2.30. The Kier molecular flexibility index (Phi) is 5.64. The van der Waals surface area contributed by atoms with Gasteiger partial charge in [0.1, 0.15) is 6.04 Å². The number of rotatable bonds is 4. The normalized spacial score (nSPS) is 16.7. The van der Waals surface area contributed by atoms with Crippen LogP contribution in [0.3, 0.4) is 0 Å². The molecule has 1 atom stereocenters. The van der Waals surface area contributed by atoms with E-state index < -0.39 is 16.1 Å². The molecule has 0 radical (unpaired) electrons. The predicted octanol–water partition coefficient (Wildman–Crippen LogP) is 4.40. The fourth-order valence-electron chi connectivity index (χ4n) is 3.58. The standard InChI is InChI=1S/C23H21ClN2O3S/c1-16-6-10-20(11-7-16)25-23(27)22-14-17-4-2-3-5-18(17)15-26(22)30(28,29)21-12-8-19(24)9-13-21/h2-13,22H,14-15H2,1H3,(H,25,27). The highest BCUT2D eigenvalue weighted by Gasteiger charge is 2.39. The highest BCUT2D eigenvalue weighted by molar-refractivity contribution is 7.89. The average Bonchev–Trinajstić information content (AvgIpc) is 2.74. The molecule has 0 aromatic heterocycles. The third-order valence-electron chi connectivity index (χ3n) is 5.25. The maximum Gasteiger partial charge on any atom is 0.244 e. The molecule has 0 saturated heterocycles. The summed E-state index contributed by atoms with van der Waals surface area (Å²) in [5, 5.41) is 3.32. The summed E-state index contributed by atoms with van der Waals surface area (Å²) in [5.41, 5.74) is 3.58. The van der Waals surface area contributed by atoms with Crippen molar-refractivity contribution in [2.45, 2.75) is 30.8 Å². The van der Waals surface area contributed by atoms with E-state index in [4.69, 9.17) is 11.6 Å².